The molecule has 0 atom stereocenters. The molecule has 9 heteroatoms. The Hall–Kier alpha value is -3.72. The Labute approximate surface area is 180 Å². The van der Waals surface area contributed by atoms with Crippen molar-refractivity contribution in [2.24, 2.45) is 5.10 Å². The van der Waals surface area contributed by atoms with Crippen LogP contribution >= 0.6 is 15.9 Å². The number of nitrogens with zero attached hydrogens (tertiary/aromatic N) is 1. The molecule has 0 unspecified atom stereocenters. The highest BCUT2D eigenvalue weighted by Gasteiger charge is 2.12. The lowest BCUT2D eigenvalue weighted by atomic mass is 10.2. The molecule has 8 nitrogen and oxygen atoms in total. The third-order valence-electron chi connectivity index (χ3n) is 3.74. The van der Waals surface area contributed by atoms with Gasteiger partial charge in [0.25, 0.3) is 11.8 Å². The number of hydrazone groups is 1. The molecule has 0 saturated heterocycles. The summed E-state index contributed by atoms with van der Waals surface area (Å²) in [6, 6.07) is 16.6. The van der Waals surface area contributed by atoms with Gasteiger partial charge in [0, 0.05) is 4.47 Å². The fourth-order valence-corrected chi connectivity index (χ4v) is 2.73. The Balaban J connectivity index is 1.46. The second-order valence-corrected chi connectivity index (χ2v) is 6.75. The van der Waals surface area contributed by atoms with Crippen molar-refractivity contribution in [2.75, 3.05) is 6.54 Å². The number of halogens is 1. The fourth-order valence-electron chi connectivity index (χ4n) is 2.28. The first-order chi connectivity index (χ1) is 14.5. The van der Waals surface area contributed by atoms with Crippen molar-refractivity contribution >= 4 is 39.9 Å². The van der Waals surface area contributed by atoms with Gasteiger partial charge >= 0.3 is 5.97 Å². The van der Waals surface area contributed by atoms with Crippen LogP contribution < -0.4 is 15.5 Å². The minimum Gasteiger partial charge on any atom is -0.459 e. The Morgan fingerprint density at radius 2 is 1.80 bits per heavy atom. The average molecular weight is 470 g/mol. The number of ether oxygens (including phenoxy) is 1. The van der Waals surface area contributed by atoms with Crippen LogP contribution in [0.25, 0.3) is 0 Å². The molecule has 0 fully saturated rings. The van der Waals surface area contributed by atoms with E-state index in [2.05, 4.69) is 31.8 Å². The Morgan fingerprint density at radius 1 is 1.03 bits per heavy atom. The van der Waals surface area contributed by atoms with Crippen LogP contribution in [0.1, 0.15) is 26.5 Å². The topological polar surface area (TPSA) is 110 Å². The van der Waals surface area contributed by atoms with Crippen LogP contribution in [0.2, 0.25) is 0 Å². The first-order valence-corrected chi connectivity index (χ1v) is 9.52. The standard InChI is InChI=1S/C21H16BrN3O5/c22-17-5-2-1-4-16(17)21(28)30-15-9-7-14(8-10-15)12-24-25-19(26)13-23-20(27)18-6-3-11-29-18/h1-12H,13H2,(H,23,27)(H,25,26). The molecule has 1 heterocycles. The number of nitrogens with one attached hydrogen (secondary N) is 2. The molecule has 30 heavy (non-hydrogen) atoms. The van der Waals surface area contributed by atoms with Crippen molar-refractivity contribution < 1.29 is 23.5 Å². The van der Waals surface area contributed by atoms with Crippen LogP contribution in [0.3, 0.4) is 0 Å². The molecule has 2 aromatic carbocycles. The van der Waals surface area contributed by atoms with Crippen LogP contribution in [-0.4, -0.2) is 30.5 Å². The van der Waals surface area contributed by atoms with Gasteiger partial charge in [-0.15, -0.1) is 0 Å². The summed E-state index contributed by atoms with van der Waals surface area (Å²) >= 11 is 3.31. The predicted molar refractivity (Wildman–Crippen MR) is 112 cm³/mol. The van der Waals surface area contributed by atoms with E-state index >= 15 is 0 Å². The van der Waals surface area contributed by atoms with Gasteiger partial charge in [-0.25, -0.2) is 10.2 Å². The van der Waals surface area contributed by atoms with Crippen molar-refractivity contribution in [3.05, 3.63) is 88.3 Å². The summed E-state index contributed by atoms with van der Waals surface area (Å²) in [5.41, 5.74) is 3.40. The molecule has 2 amide bonds. The quantitative estimate of drug-likeness (QED) is 0.239. The van der Waals surface area contributed by atoms with Gasteiger partial charge in [0.2, 0.25) is 0 Å². The van der Waals surface area contributed by atoms with E-state index < -0.39 is 17.8 Å². The highest BCUT2D eigenvalue weighted by atomic mass is 79.9. The maximum Gasteiger partial charge on any atom is 0.344 e. The molecule has 0 aliphatic heterocycles. The molecule has 0 aliphatic rings. The molecular formula is C21H16BrN3O5. The third-order valence-corrected chi connectivity index (χ3v) is 4.43. The summed E-state index contributed by atoms with van der Waals surface area (Å²) in [6.07, 6.45) is 2.79. The number of amides is 2. The van der Waals surface area contributed by atoms with E-state index in [9.17, 15) is 14.4 Å². The van der Waals surface area contributed by atoms with Gasteiger partial charge in [-0.1, -0.05) is 12.1 Å². The van der Waals surface area contributed by atoms with Crippen molar-refractivity contribution in [1.29, 1.82) is 0 Å². The molecule has 3 rings (SSSR count). The van der Waals surface area contributed by atoms with E-state index in [0.717, 1.165) is 0 Å². The fraction of sp³-hybridized carbons (Fsp3) is 0.0476. The van der Waals surface area contributed by atoms with Crippen LogP contribution in [0.4, 0.5) is 0 Å². The number of hydrogen-bond donors (Lipinski definition) is 2. The second-order valence-electron chi connectivity index (χ2n) is 5.89. The van der Waals surface area contributed by atoms with Crippen molar-refractivity contribution in [1.82, 2.24) is 10.7 Å². The van der Waals surface area contributed by atoms with Gasteiger partial charge in [-0.2, -0.15) is 5.10 Å². The lowest BCUT2D eigenvalue weighted by molar-refractivity contribution is -0.120. The van der Waals surface area contributed by atoms with Crippen molar-refractivity contribution in [2.45, 2.75) is 0 Å². The normalized spacial score (nSPS) is 10.6. The Kier molecular flexibility index (Phi) is 7.12. The van der Waals surface area contributed by atoms with E-state index in [-0.39, 0.29) is 12.3 Å². The van der Waals surface area contributed by atoms with Gasteiger partial charge < -0.3 is 14.5 Å². The van der Waals surface area contributed by atoms with E-state index in [4.69, 9.17) is 9.15 Å². The minimum absolute atomic E-state index is 0.117. The first kappa shape index (κ1) is 21.0. The lowest BCUT2D eigenvalue weighted by Gasteiger charge is -2.06. The van der Waals surface area contributed by atoms with Gasteiger partial charge in [-0.3, -0.25) is 9.59 Å². The molecule has 2 N–H and O–H groups in total. The molecule has 0 saturated carbocycles. The number of furan rings is 1. The number of esters is 1. The zero-order chi connectivity index (χ0) is 21.3. The smallest absolute Gasteiger partial charge is 0.344 e. The van der Waals surface area contributed by atoms with Crippen LogP contribution in [-0.2, 0) is 4.79 Å². The van der Waals surface area contributed by atoms with E-state index in [1.165, 1.54) is 18.5 Å². The van der Waals surface area contributed by atoms with E-state index in [1.54, 1.807) is 54.6 Å². The zero-order valence-corrected chi connectivity index (χ0v) is 17.1. The van der Waals surface area contributed by atoms with E-state index in [1.807, 2.05) is 0 Å². The van der Waals surface area contributed by atoms with Crippen molar-refractivity contribution in [3.8, 4) is 5.75 Å². The summed E-state index contributed by atoms with van der Waals surface area (Å²) in [7, 11) is 0. The summed E-state index contributed by atoms with van der Waals surface area (Å²) < 4.78 is 10.9. The van der Waals surface area contributed by atoms with Gasteiger partial charge in [0.1, 0.15) is 5.75 Å². The molecule has 1 aromatic heterocycles. The highest BCUT2D eigenvalue weighted by molar-refractivity contribution is 9.10. The van der Waals surface area contributed by atoms with Crippen LogP contribution in [0, 0.1) is 0 Å². The summed E-state index contributed by atoms with van der Waals surface area (Å²) in [5.74, 6) is -0.978. The molecule has 0 spiro atoms. The predicted octanol–water partition coefficient (Wildman–Crippen LogP) is 3.14. The number of hydrogen-bond acceptors (Lipinski definition) is 6. The van der Waals surface area contributed by atoms with Gasteiger partial charge in [-0.05, 0) is 70.0 Å². The Bertz CT molecular complexity index is 1060. The highest BCUT2D eigenvalue weighted by Crippen LogP contribution is 2.19. The molecule has 0 bridgehead atoms. The Morgan fingerprint density at radius 3 is 2.50 bits per heavy atom. The largest absolute Gasteiger partial charge is 0.459 e. The van der Waals surface area contributed by atoms with Gasteiger partial charge in [0.05, 0.1) is 24.6 Å². The van der Waals surface area contributed by atoms with Crippen LogP contribution in [0.15, 0.2) is 80.9 Å². The molecule has 0 radical (unpaired) electrons. The maximum absolute atomic E-state index is 12.2. The molecule has 152 valence electrons. The van der Waals surface area contributed by atoms with Crippen LogP contribution in [0.5, 0.6) is 5.75 Å². The lowest BCUT2D eigenvalue weighted by Crippen LogP contribution is -2.34. The summed E-state index contributed by atoms with van der Waals surface area (Å²) in [4.78, 5) is 35.6. The monoisotopic (exact) mass is 469 g/mol. The van der Waals surface area contributed by atoms with Crippen molar-refractivity contribution in [3.63, 3.8) is 0 Å². The summed E-state index contributed by atoms with van der Waals surface area (Å²) in [6.45, 7) is -0.249. The third kappa shape index (κ3) is 5.89. The maximum atomic E-state index is 12.2. The average Bonchev–Trinajstić information content (AvgIpc) is 3.28. The second kappa shape index (κ2) is 10.2. The SMILES string of the molecule is O=C(CNC(=O)c1ccco1)NN=Cc1ccc(OC(=O)c2ccccc2Br)cc1. The molecule has 0 aliphatic carbocycles. The molecule has 3 aromatic rings. The number of carbonyl (C=O) groups excluding carboxylic acids is 3. The number of carbonyl (C=O) groups is 3. The van der Waals surface area contributed by atoms with Gasteiger partial charge in [0.15, 0.2) is 5.76 Å². The first-order valence-electron chi connectivity index (χ1n) is 8.73. The number of benzene rings is 2. The summed E-state index contributed by atoms with van der Waals surface area (Å²) in [5, 5.41) is 6.22. The number of rotatable bonds is 7. The van der Waals surface area contributed by atoms with E-state index in [0.29, 0.717) is 21.3 Å². The molecular weight excluding hydrogens is 454 g/mol. The zero-order valence-electron chi connectivity index (χ0n) is 15.5. The minimum atomic E-state index is -0.495.